The van der Waals surface area contributed by atoms with E-state index in [4.69, 9.17) is 15.0 Å². The summed E-state index contributed by atoms with van der Waals surface area (Å²) in [5, 5.41) is 2.41. The fraction of sp³-hybridized carbons (Fsp3) is 0. The molecule has 214 valence electrons. The van der Waals surface area contributed by atoms with Crippen LogP contribution in [0.4, 0.5) is 17.3 Å². The summed E-state index contributed by atoms with van der Waals surface area (Å²) in [6, 6.07) is 53.8. The van der Waals surface area contributed by atoms with Crippen LogP contribution in [0.1, 0.15) is 0 Å². The van der Waals surface area contributed by atoms with Crippen molar-refractivity contribution in [3.05, 3.63) is 162 Å². The highest BCUT2D eigenvalue weighted by Gasteiger charge is 2.20. The highest BCUT2D eigenvalue weighted by Crippen LogP contribution is 2.38. The second-order valence-electron chi connectivity index (χ2n) is 10.7. The zero-order valence-corrected chi connectivity index (χ0v) is 25.7. The Morgan fingerprint density at radius 2 is 1.00 bits per heavy atom. The Hall–Kier alpha value is -5.59. The van der Waals surface area contributed by atoms with Gasteiger partial charge in [-0.2, -0.15) is 9.97 Å². The number of anilines is 3. The molecule has 0 aliphatic heterocycles. The van der Waals surface area contributed by atoms with Crippen LogP contribution in [0.15, 0.2) is 162 Å². The summed E-state index contributed by atoms with van der Waals surface area (Å²) < 4.78 is 3.40. The average Bonchev–Trinajstić information content (AvgIpc) is 3.45. The van der Waals surface area contributed by atoms with Crippen molar-refractivity contribution in [2.45, 2.75) is 0 Å². The standard InChI is InChI=1S/C39H26BrN5/c40-33-20-12-22-35-36(33)32-19-10-11-21-34(32)45(35)31-25-23-30(24-26-31)44(29-17-8-3-9-18-29)39-42-37(27-13-4-1-5-14-27)41-38(43-39)28-15-6-2-7-16-28/h1-26H. The van der Waals surface area contributed by atoms with Crippen LogP contribution in [0.25, 0.3) is 50.3 Å². The van der Waals surface area contributed by atoms with Crippen LogP contribution in [0.2, 0.25) is 0 Å². The van der Waals surface area contributed by atoms with Crippen molar-refractivity contribution in [2.24, 2.45) is 0 Å². The van der Waals surface area contributed by atoms with Gasteiger partial charge in [0.15, 0.2) is 11.6 Å². The lowest BCUT2D eigenvalue weighted by Gasteiger charge is -2.24. The summed E-state index contributed by atoms with van der Waals surface area (Å²) in [4.78, 5) is 17.1. The van der Waals surface area contributed by atoms with Crippen molar-refractivity contribution >= 4 is 55.1 Å². The summed E-state index contributed by atoms with van der Waals surface area (Å²) in [7, 11) is 0. The van der Waals surface area contributed by atoms with Crippen molar-refractivity contribution in [2.75, 3.05) is 4.90 Å². The molecule has 45 heavy (non-hydrogen) atoms. The van der Waals surface area contributed by atoms with Crippen molar-refractivity contribution in [3.8, 4) is 28.5 Å². The second-order valence-corrected chi connectivity index (χ2v) is 11.5. The van der Waals surface area contributed by atoms with E-state index < -0.39 is 0 Å². The van der Waals surface area contributed by atoms with Crippen LogP contribution in [0.5, 0.6) is 0 Å². The predicted octanol–water partition coefficient (Wildman–Crippen LogP) is 10.5. The largest absolute Gasteiger partial charge is 0.309 e. The molecule has 2 aromatic heterocycles. The minimum atomic E-state index is 0.544. The van der Waals surface area contributed by atoms with Gasteiger partial charge in [-0.05, 0) is 54.6 Å². The van der Waals surface area contributed by atoms with Crippen molar-refractivity contribution < 1.29 is 0 Å². The first-order valence-corrected chi connectivity index (χ1v) is 15.5. The molecule has 8 rings (SSSR count). The minimum Gasteiger partial charge on any atom is -0.309 e. The molecule has 0 aliphatic carbocycles. The van der Waals surface area contributed by atoms with Gasteiger partial charge in [-0.3, -0.25) is 4.90 Å². The molecule has 0 N–H and O–H groups in total. The first-order valence-electron chi connectivity index (χ1n) is 14.7. The molecule has 0 atom stereocenters. The second kappa shape index (κ2) is 11.5. The van der Waals surface area contributed by atoms with Gasteiger partial charge in [0.1, 0.15) is 0 Å². The van der Waals surface area contributed by atoms with E-state index in [2.05, 4.69) is 104 Å². The maximum absolute atomic E-state index is 5.04. The molecular formula is C39H26BrN5. The molecule has 6 aromatic carbocycles. The van der Waals surface area contributed by atoms with E-state index in [9.17, 15) is 0 Å². The number of aromatic nitrogens is 4. The van der Waals surface area contributed by atoms with Crippen LogP contribution >= 0.6 is 15.9 Å². The number of hydrogen-bond donors (Lipinski definition) is 0. The Morgan fingerprint density at radius 1 is 0.467 bits per heavy atom. The zero-order chi connectivity index (χ0) is 30.2. The van der Waals surface area contributed by atoms with Crippen LogP contribution in [0, 0.1) is 0 Å². The van der Waals surface area contributed by atoms with Crippen LogP contribution < -0.4 is 4.90 Å². The van der Waals surface area contributed by atoms with Crippen molar-refractivity contribution in [3.63, 3.8) is 0 Å². The summed E-state index contributed by atoms with van der Waals surface area (Å²) in [5.41, 5.74) is 7.13. The Morgan fingerprint density at radius 3 is 1.64 bits per heavy atom. The summed E-state index contributed by atoms with van der Waals surface area (Å²) >= 11 is 3.79. The van der Waals surface area contributed by atoms with Gasteiger partial charge >= 0.3 is 0 Å². The van der Waals surface area contributed by atoms with E-state index in [0.29, 0.717) is 17.6 Å². The minimum absolute atomic E-state index is 0.544. The molecule has 8 aromatic rings. The predicted molar refractivity (Wildman–Crippen MR) is 187 cm³/mol. The van der Waals surface area contributed by atoms with Crippen LogP contribution in [-0.2, 0) is 0 Å². The SMILES string of the molecule is Brc1cccc2c1c1ccccc1n2-c1ccc(N(c2ccccc2)c2nc(-c3ccccc3)nc(-c3ccccc3)n2)cc1. The number of benzene rings is 6. The number of para-hydroxylation sites is 2. The average molecular weight is 645 g/mol. The lowest BCUT2D eigenvalue weighted by atomic mass is 10.2. The molecule has 0 aliphatic rings. The first-order chi connectivity index (χ1) is 22.2. The van der Waals surface area contributed by atoms with E-state index in [0.717, 1.165) is 43.7 Å². The quantitative estimate of drug-likeness (QED) is 0.181. The van der Waals surface area contributed by atoms with Crippen molar-refractivity contribution in [1.82, 2.24) is 19.5 Å². The van der Waals surface area contributed by atoms with E-state index in [1.54, 1.807) is 0 Å². The fourth-order valence-electron chi connectivity index (χ4n) is 5.86. The van der Waals surface area contributed by atoms with E-state index in [1.807, 2.05) is 78.9 Å². The third-order valence-corrected chi connectivity index (χ3v) is 8.58. The number of fused-ring (bicyclic) bond motifs is 3. The number of nitrogens with zero attached hydrogens (tertiary/aromatic N) is 5. The molecule has 0 fully saturated rings. The number of halogens is 1. The molecular weight excluding hydrogens is 618 g/mol. The normalized spacial score (nSPS) is 11.2. The smallest absolute Gasteiger partial charge is 0.238 e. The topological polar surface area (TPSA) is 46.8 Å². The number of rotatable bonds is 6. The van der Waals surface area contributed by atoms with Gasteiger partial charge in [0, 0.05) is 43.4 Å². The molecule has 2 heterocycles. The van der Waals surface area contributed by atoms with Gasteiger partial charge < -0.3 is 4.57 Å². The molecule has 0 spiro atoms. The van der Waals surface area contributed by atoms with E-state index >= 15 is 0 Å². The van der Waals surface area contributed by atoms with Crippen molar-refractivity contribution in [1.29, 1.82) is 0 Å². The molecule has 0 amide bonds. The Bertz CT molecular complexity index is 2210. The summed E-state index contributed by atoms with van der Waals surface area (Å²) in [5.74, 6) is 1.78. The van der Waals surface area contributed by atoms with Gasteiger partial charge in [0.2, 0.25) is 5.95 Å². The maximum atomic E-state index is 5.04. The molecule has 5 nitrogen and oxygen atoms in total. The molecule has 0 bridgehead atoms. The van der Waals surface area contributed by atoms with Gasteiger partial charge in [-0.15, -0.1) is 0 Å². The molecule has 0 saturated heterocycles. The van der Waals surface area contributed by atoms with Gasteiger partial charge in [-0.25, -0.2) is 4.98 Å². The van der Waals surface area contributed by atoms with Gasteiger partial charge in [0.05, 0.1) is 11.0 Å². The third kappa shape index (κ3) is 4.95. The monoisotopic (exact) mass is 643 g/mol. The first kappa shape index (κ1) is 27.0. The Kier molecular flexibility index (Phi) is 6.89. The highest BCUT2D eigenvalue weighted by atomic mass is 79.9. The zero-order valence-electron chi connectivity index (χ0n) is 24.1. The number of hydrogen-bond acceptors (Lipinski definition) is 4. The maximum Gasteiger partial charge on any atom is 0.238 e. The molecule has 6 heteroatoms. The highest BCUT2D eigenvalue weighted by molar-refractivity contribution is 9.10. The molecule has 0 unspecified atom stereocenters. The Labute approximate surface area is 269 Å². The van der Waals surface area contributed by atoms with Crippen LogP contribution in [-0.4, -0.2) is 19.5 Å². The van der Waals surface area contributed by atoms with E-state index in [1.165, 1.54) is 10.8 Å². The molecule has 0 radical (unpaired) electrons. The van der Waals surface area contributed by atoms with Gasteiger partial charge in [-0.1, -0.05) is 119 Å². The van der Waals surface area contributed by atoms with Gasteiger partial charge in [0.25, 0.3) is 0 Å². The summed E-state index contributed by atoms with van der Waals surface area (Å²) in [6.45, 7) is 0. The lowest BCUT2D eigenvalue weighted by Crippen LogP contribution is -2.15. The summed E-state index contributed by atoms with van der Waals surface area (Å²) in [6.07, 6.45) is 0. The van der Waals surface area contributed by atoms with E-state index in [-0.39, 0.29) is 0 Å². The molecule has 0 saturated carbocycles. The lowest BCUT2D eigenvalue weighted by molar-refractivity contribution is 1.02. The van der Waals surface area contributed by atoms with Crippen LogP contribution in [0.3, 0.4) is 0 Å². The fourth-order valence-corrected chi connectivity index (χ4v) is 6.43. The third-order valence-electron chi connectivity index (χ3n) is 7.91. The Balaban J connectivity index is 1.30.